The molecule has 1 rings (SSSR count). The van der Waals surface area contributed by atoms with E-state index in [1.807, 2.05) is 0 Å². The Bertz CT molecular complexity index is 371. The van der Waals surface area contributed by atoms with Crippen molar-refractivity contribution in [1.82, 2.24) is 9.78 Å². The van der Waals surface area contributed by atoms with Crippen molar-refractivity contribution in [3.63, 3.8) is 0 Å². The minimum atomic E-state index is -0.470. The Hall–Kier alpha value is -1.89. The van der Waals surface area contributed by atoms with E-state index in [0.717, 1.165) is 0 Å². The van der Waals surface area contributed by atoms with Gasteiger partial charge in [0.2, 0.25) is 5.82 Å². The Morgan fingerprint density at radius 3 is 3.07 bits per heavy atom. The third-order valence-corrected chi connectivity index (χ3v) is 1.70. The molecule has 0 aliphatic carbocycles. The first-order valence-corrected chi connectivity index (χ1v) is 4.42. The van der Waals surface area contributed by atoms with E-state index < -0.39 is 4.92 Å². The van der Waals surface area contributed by atoms with E-state index in [4.69, 9.17) is 5.73 Å². The lowest BCUT2D eigenvalue weighted by Gasteiger charge is -1.96. The maximum absolute atomic E-state index is 10.6. The van der Waals surface area contributed by atoms with Crippen molar-refractivity contribution < 1.29 is 4.92 Å². The van der Waals surface area contributed by atoms with Gasteiger partial charge in [-0.25, -0.2) is 0 Å². The van der Waals surface area contributed by atoms with Crippen molar-refractivity contribution in [2.75, 3.05) is 18.4 Å². The van der Waals surface area contributed by atoms with Crippen LogP contribution in [0.1, 0.15) is 0 Å². The second-order valence-corrected chi connectivity index (χ2v) is 2.88. The zero-order valence-corrected chi connectivity index (χ0v) is 8.38. The van der Waals surface area contributed by atoms with Gasteiger partial charge in [0, 0.05) is 20.1 Å². The second kappa shape index (κ2) is 5.11. The van der Waals surface area contributed by atoms with E-state index in [2.05, 4.69) is 10.4 Å². The number of nitrogens with two attached hydrogens (primary N) is 1. The molecule has 0 bridgehead atoms. The van der Waals surface area contributed by atoms with Gasteiger partial charge in [-0.15, -0.1) is 5.10 Å². The molecule has 1 heterocycles. The molecule has 82 valence electrons. The monoisotopic (exact) mass is 211 g/mol. The predicted molar refractivity (Wildman–Crippen MR) is 56.5 cm³/mol. The first-order valence-electron chi connectivity index (χ1n) is 4.42. The van der Waals surface area contributed by atoms with Crippen molar-refractivity contribution in [1.29, 1.82) is 0 Å². The third-order valence-electron chi connectivity index (χ3n) is 1.70. The number of nitro groups is 1. The molecule has 7 nitrogen and oxygen atoms in total. The van der Waals surface area contributed by atoms with Gasteiger partial charge in [-0.2, -0.15) is 0 Å². The summed E-state index contributed by atoms with van der Waals surface area (Å²) in [6, 6.07) is 0. The Morgan fingerprint density at radius 1 is 1.73 bits per heavy atom. The SMILES string of the molecule is Cn1cc([N+](=O)[O-])c(NC/C=C/CN)n1. The molecule has 7 heteroatoms. The van der Waals surface area contributed by atoms with Gasteiger partial charge >= 0.3 is 5.69 Å². The van der Waals surface area contributed by atoms with Crippen LogP contribution in [0.3, 0.4) is 0 Å². The molecule has 0 unspecified atom stereocenters. The number of nitrogens with one attached hydrogen (secondary N) is 1. The Kier molecular flexibility index (Phi) is 3.81. The number of nitrogens with zero attached hydrogens (tertiary/aromatic N) is 3. The second-order valence-electron chi connectivity index (χ2n) is 2.88. The van der Waals surface area contributed by atoms with Gasteiger partial charge in [0.25, 0.3) is 0 Å². The van der Waals surface area contributed by atoms with E-state index >= 15 is 0 Å². The minimum absolute atomic E-state index is 0.0290. The highest BCUT2D eigenvalue weighted by atomic mass is 16.6. The van der Waals surface area contributed by atoms with Crippen molar-refractivity contribution in [2.45, 2.75) is 0 Å². The maximum Gasteiger partial charge on any atom is 0.330 e. The number of hydrogen-bond acceptors (Lipinski definition) is 5. The highest BCUT2D eigenvalue weighted by molar-refractivity contribution is 5.54. The van der Waals surface area contributed by atoms with Crippen LogP contribution in [-0.2, 0) is 7.05 Å². The number of anilines is 1. The molecule has 0 atom stereocenters. The van der Waals surface area contributed by atoms with Crippen molar-refractivity contribution in [2.24, 2.45) is 12.8 Å². The molecule has 3 N–H and O–H groups in total. The summed E-state index contributed by atoms with van der Waals surface area (Å²) >= 11 is 0. The Morgan fingerprint density at radius 2 is 2.47 bits per heavy atom. The Labute approximate surface area is 86.7 Å². The van der Waals surface area contributed by atoms with Crippen LogP contribution >= 0.6 is 0 Å². The summed E-state index contributed by atoms with van der Waals surface area (Å²) < 4.78 is 1.40. The summed E-state index contributed by atoms with van der Waals surface area (Å²) in [5.74, 6) is 0.268. The van der Waals surface area contributed by atoms with Crippen LogP contribution in [0.4, 0.5) is 11.5 Å². The van der Waals surface area contributed by atoms with E-state index in [1.165, 1.54) is 10.9 Å². The fourth-order valence-electron chi connectivity index (χ4n) is 1.07. The fourth-order valence-corrected chi connectivity index (χ4v) is 1.07. The van der Waals surface area contributed by atoms with E-state index in [1.54, 1.807) is 19.2 Å². The molecule has 1 aromatic rings. The summed E-state index contributed by atoms with van der Waals surface area (Å²) in [4.78, 5) is 10.1. The van der Waals surface area contributed by atoms with Gasteiger partial charge in [-0.1, -0.05) is 12.2 Å². The largest absolute Gasteiger partial charge is 0.359 e. The zero-order valence-electron chi connectivity index (χ0n) is 8.38. The van der Waals surface area contributed by atoms with Crippen LogP contribution < -0.4 is 11.1 Å². The highest BCUT2D eigenvalue weighted by Gasteiger charge is 2.17. The van der Waals surface area contributed by atoms with Crippen LogP contribution in [0.15, 0.2) is 18.3 Å². The fraction of sp³-hybridized carbons (Fsp3) is 0.375. The van der Waals surface area contributed by atoms with Gasteiger partial charge in [-0.3, -0.25) is 14.8 Å². The maximum atomic E-state index is 10.6. The summed E-state index contributed by atoms with van der Waals surface area (Å²) in [6.07, 6.45) is 4.91. The molecule has 0 aromatic carbocycles. The predicted octanol–water partition coefficient (Wildman–Crippen LogP) is 0.255. The summed E-state index contributed by atoms with van der Waals surface area (Å²) in [7, 11) is 1.63. The van der Waals surface area contributed by atoms with E-state index in [9.17, 15) is 10.1 Å². The normalized spacial score (nSPS) is 10.8. The molecule has 0 amide bonds. The van der Waals surface area contributed by atoms with Gasteiger partial charge in [0.05, 0.1) is 4.92 Å². The molecule has 0 saturated heterocycles. The minimum Gasteiger partial charge on any atom is -0.359 e. The molecule has 0 aliphatic heterocycles. The van der Waals surface area contributed by atoms with Gasteiger partial charge in [0.15, 0.2) is 0 Å². The lowest BCUT2D eigenvalue weighted by Crippen LogP contribution is -2.03. The number of hydrogen-bond donors (Lipinski definition) is 2. The van der Waals surface area contributed by atoms with Crippen LogP contribution in [-0.4, -0.2) is 27.8 Å². The molecular formula is C8H13N5O2. The summed E-state index contributed by atoms with van der Waals surface area (Å²) in [5.41, 5.74) is 5.22. The average molecular weight is 211 g/mol. The zero-order chi connectivity index (χ0) is 11.3. The van der Waals surface area contributed by atoms with Crippen molar-refractivity contribution in [3.05, 3.63) is 28.5 Å². The smallest absolute Gasteiger partial charge is 0.330 e. The quantitative estimate of drug-likeness (QED) is 0.413. The summed E-state index contributed by atoms with van der Waals surface area (Å²) in [5, 5.41) is 17.4. The molecule has 0 radical (unpaired) electrons. The van der Waals surface area contributed by atoms with Crippen LogP contribution in [0, 0.1) is 10.1 Å². The third kappa shape index (κ3) is 3.06. The van der Waals surface area contributed by atoms with Gasteiger partial charge < -0.3 is 11.1 Å². The van der Waals surface area contributed by atoms with E-state index in [-0.39, 0.29) is 11.5 Å². The molecule has 1 aromatic heterocycles. The van der Waals surface area contributed by atoms with E-state index in [0.29, 0.717) is 13.1 Å². The molecule has 0 spiro atoms. The van der Waals surface area contributed by atoms with Crippen LogP contribution in [0.5, 0.6) is 0 Å². The molecular weight excluding hydrogens is 198 g/mol. The molecule has 0 saturated carbocycles. The number of rotatable bonds is 5. The molecule has 15 heavy (non-hydrogen) atoms. The number of aryl methyl sites for hydroxylation is 1. The van der Waals surface area contributed by atoms with Gasteiger partial charge in [0.1, 0.15) is 6.20 Å². The lowest BCUT2D eigenvalue weighted by molar-refractivity contribution is -0.384. The lowest BCUT2D eigenvalue weighted by atomic mass is 10.4. The standard InChI is InChI=1S/C8H13N5O2/c1-12-6-7(13(14)15)8(11-12)10-5-3-2-4-9/h2-3,6H,4-5,9H2,1H3,(H,10,11)/b3-2+. The molecule has 0 aliphatic rings. The number of aromatic nitrogens is 2. The Balaban J connectivity index is 2.67. The van der Waals surface area contributed by atoms with Crippen molar-refractivity contribution >= 4 is 11.5 Å². The van der Waals surface area contributed by atoms with Crippen LogP contribution in [0.25, 0.3) is 0 Å². The first kappa shape index (κ1) is 11.2. The van der Waals surface area contributed by atoms with Crippen LogP contribution in [0.2, 0.25) is 0 Å². The highest BCUT2D eigenvalue weighted by Crippen LogP contribution is 2.20. The summed E-state index contributed by atoms with van der Waals surface area (Å²) in [6.45, 7) is 0.918. The van der Waals surface area contributed by atoms with Crippen molar-refractivity contribution in [3.8, 4) is 0 Å². The average Bonchev–Trinajstić information content (AvgIpc) is 2.55. The topological polar surface area (TPSA) is 99.0 Å². The van der Waals surface area contributed by atoms with Gasteiger partial charge in [-0.05, 0) is 0 Å². The first-order chi connectivity index (χ1) is 7.15. The molecule has 0 fully saturated rings.